The lowest BCUT2D eigenvalue weighted by molar-refractivity contribution is 0.277. The van der Waals surface area contributed by atoms with Crippen LogP contribution in [0.15, 0.2) is 12.1 Å². The Labute approximate surface area is 127 Å². The van der Waals surface area contributed by atoms with Crippen LogP contribution in [0.1, 0.15) is 49.3 Å². The zero-order valence-electron chi connectivity index (χ0n) is 11.8. The van der Waals surface area contributed by atoms with Crippen LogP contribution in [0.3, 0.4) is 0 Å². The average Bonchev–Trinajstić information content (AvgIpc) is 2.75. The first-order chi connectivity index (χ1) is 8.65. The number of hydrogen-bond donors (Lipinski definition) is 1. The summed E-state index contributed by atoms with van der Waals surface area (Å²) in [6.45, 7) is 6.92. The highest BCUT2D eigenvalue weighted by atomic mass is 35.5. The van der Waals surface area contributed by atoms with Crippen LogP contribution in [0.4, 0.5) is 0 Å². The van der Waals surface area contributed by atoms with E-state index in [1.807, 2.05) is 0 Å². The molecule has 2 atom stereocenters. The summed E-state index contributed by atoms with van der Waals surface area (Å²) in [5.74, 6) is 0.662. The van der Waals surface area contributed by atoms with Crippen molar-refractivity contribution in [2.24, 2.45) is 5.41 Å². The number of halogens is 2. The lowest BCUT2D eigenvalue weighted by Gasteiger charge is -2.37. The number of fused-ring (bicyclic) bond motifs is 3. The van der Waals surface area contributed by atoms with Crippen molar-refractivity contribution in [3.8, 4) is 0 Å². The third-order valence-corrected chi connectivity index (χ3v) is 5.39. The van der Waals surface area contributed by atoms with Gasteiger partial charge in [-0.3, -0.25) is 0 Å². The monoisotopic (exact) mass is 299 g/mol. The van der Waals surface area contributed by atoms with Crippen molar-refractivity contribution >= 4 is 24.0 Å². The normalized spacial score (nSPS) is 28.5. The molecule has 1 aromatic carbocycles. The van der Waals surface area contributed by atoms with Gasteiger partial charge >= 0.3 is 0 Å². The number of nitrogens with one attached hydrogen (secondary N) is 1. The number of benzene rings is 1. The second-order valence-electron chi connectivity index (χ2n) is 6.19. The Bertz CT molecular complexity index is 472. The third-order valence-electron chi connectivity index (χ3n) is 4.92. The Balaban J connectivity index is 0.00000133. The predicted molar refractivity (Wildman–Crippen MR) is 84.7 cm³/mol. The van der Waals surface area contributed by atoms with Gasteiger partial charge in [-0.05, 0) is 41.4 Å². The van der Waals surface area contributed by atoms with E-state index in [4.69, 9.17) is 11.6 Å². The van der Waals surface area contributed by atoms with E-state index in [-0.39, 0.29) is 12.4 Å². The van der Waals surface area contributed by atoms with Gasteiger partial charge in [0.15, 0.2) is 0 Å². The molecule has 1 aromatic rings. The van der Waals surface area contributed by atoms with Gasteiger partial charge in [-0.1, -0.05) is 44.0 Å². The first-order valence-electron chi connectivity index (χ1n) is 7.16. The summed E-state index contributed by atoms with van der Waals surface area (Å²) < 4.78 is 0. The van der Waals surface area contributed by atoms with Gasteiger partial charge in [0.1, 0.15) is 0 Å². The molecule has 0 radical (unpaired) electrons. The fraction of sp³-hybridized carbons (Fsp3) is 0.625. The minimum atomic E-state index is 0. The predicted octanol–water partition coefficient (Wildman–Crippen LogP) is 4.35. The average molecular weight is 300 g/mol. The molecule has 1 heterocycles. The smallest absolute Gasteiger partial charge is 0.0472 e. The van der Waals surface area contributed by atoms with Crippen molar-refractivity contribution in [1.29, 1.82) is 0 Å². The van der Waals surface area contributed by atoms with Crippen LogP contribution in [0.5, 0.6) is 0 Å². The molecular formula is C16H23Cl2N. The minimum Gasteiger partial charge on any atom is -0.316 e. The van der Waals surface area contributed by atoms with Gasteiger partial charge in [-0.15, -0.1) is 12.4 Å². The number of hydrogen-bond acceptors (Lipinski definition) is 1. The van der Waals surface area contributed by atoms with E-state index in [0.717, 1.165) is 31.0 Å². The summed E-state index contributed by atoms with van der Waals surface area (Å²) in [6.07, 6.45) is 4.70. The molecule has 2 unspecified atom stereocenters. The van der Waals surface area contributed by atoms with Crippen LogP contribution in [0.25, 0.3) is 0 Å². The van der Waals surface area contributed by atoms with Gasteiger partial charge in [0, 0.05) is 24.0 Å². The van der Waals surface area contributed by atoms with Crippen molar-refractivity contribution in [3.05, 3.63) is 33.8 Å². The first kappa shape index (κ1) is 15.2. The molecule has 0 aromatic heterocycles. The Morgan fingerprint density at radius 2 is 2.21 bits per heavy atom. The van der Waals surface area contributed by atoms with Crippen LogP contribution in [-0.4, -0.2) is 13.1 Å². The molecule has 0 spiro atoms. The molecule has 106 valence electrons. The summed E-state index contributed by atoms with van der Waals surface area (Å²) in [6, 6.07) is 4.61. The van der Waals surface area contributed by atoms with E-state index >= 15 is 0 Å². The second-order valence-corrected chi connectivity index (χ2v) is 6.57. The number of aryl methyl sites for hydroxylation is 1. The van der Waals surface area contributed by atoms with Crippen LogP contribution >= 0.6 is 24.0 Å². The van der Waals surface area contributed by atoms with E-state index < -0.39 is 0 Å². The minimum absolute atomic E-state index is 0. The van der Waals surface area contributed by atoms with Crippen LogP contribution < -0.4 is 5.32 Å². The van der Waals surface area contributed by atoms with Crippen molar-refractivity contribution in [2.45, 2.75) is 45.4 Å². The Morgan fingerprint density at radius 3 is 2.95 bits per heavy atom. The largest absolute Gasteiger partial charge is 0.316 e. The molecule has 3 rings (SSSR count). The molecule has 2 aliphatic rings. The third kappa shape index (κ3) is 2.41. The van der Waals surface area contributed by atoms with Crippen LogP contribution in [0.2, 0.25) is 5.02 Å². The van der Waals surface area contributed by atoms with E-state index in [2.05, 4.69) is 31.3 Å². The molecule has 1 fully saturated rings. The summed E-state index contributed by atoms with van der Waals surface area (Å²) in [5.41, 5.74) is 4.74. The molecule has 3 heteroatoms. The molecule has 1 nitrogen and oxygen atoms in total. The molecule has 19 heavy (non-hydrogen) atoms. The number of rotatable bonds is 2. The van der Waals surface area contributed by atoms with E-state index in [1.54, 1.807) is 0 Å². The maximum absolute atomic E-state index is 6.62. The summed E-state index contributed by atoms with van der Waals surface area (Å²) in [7, 11) is 0. The van der Waals surface area contributed by atoms with E-state index in [9.17, 15) is 0 Å². The van der Waals surface area contributed by atoms with Crippen LogP contribution in [0, 0.1) is 5.41 Å². The fourth-order valence-corrected chi connectivity index (χ4v) is 4.12. The van der Waals surface area contributed by atoms with Crippen LogP contribution in [-0.2, 0) is 12.8 Å². The Morgan fingerprint density at radius 1 is 1.42 bits per heavy atom. The molecule has 1 aliphatic heterocycles. The zero-order chi connectivity index (χ0) is 12.8. The van der Waals surface area contributed by atoms with Gasteiger partial charge in [-0.2, -0.15) is 0 Å². The topological polar surface area (TPSA) is 12.0 Å². The van der Waals surface area contributed by atoms with Gasteiger partial charge in [0.05, 0.1) is 0 Å². The van der Waals surface area contributed by atoms with Gasteiger partial charge in [0.2, 0.25) is 0 Å². The highest BCUT2D eigenvalue weighted by Crippen LogP contribution is 2.49. The second kappa shape index (κ2) is 5.63. The fourth-order valence-electron chi connectivity index (χ4n) is 3.76. The van der Waals surface area contributed by atoms with Gasteiger partial charge in [-0.25, -0.2) is 0 Å². The quantitative estimate of drug-likeness (QED) is 0.856. The standard InChI is InChI=1S/C16H22ClN.ClH/c1-3-4-11-5-6-12-13(15(11)17)7-8-16(2)10-18-9-14(12)16;/h5-6,14,18H,3-4,7-10H2,1-2H3;1H. The molecule has 1 saturated heterocycles. The van der Waals surface area contributed by atoms with E-state index in [0.29, 0.717) is 11.3 Å². The van der Waals surface area contributed by atoms with Gasteiger partial charge < -0.3 is 5.32 Å². The molecule has 0 amide bonds. The molecular weight excluding hydrogens is 277 g/mol. The highest BCUT2D eigenvalue weighted by Gasteiger charge is 2.43. The molecule has 0 saturated carbocycles. The lowest BCUT2D eigenvalue weighted by atomic mass is 9.67. The Hall–Kier alpha value is -0.240. The summed E-state index contributed by atoms with van der Waals surface area (Å²) in [5, 5.41) is 4.62. The lowest BCUT2D eigenvalue weighted by Crippen LogP contribution is -2.30. The van der Waals surface area contributed by atoms with Crippen molar-refractivity contribution in [1.82, 2.24) is 5.32 Å². The summed E-state index contributed by atoms with van der Waals surface area (Å²) >= 11 is 6.62. The SMILES string of the molecule is CCCc1ccc2c(c1Cl)CCC1(C)CNCC21.Cl. The Kier molecular flexibility index (Phi) is 4.49. The molecule has 1 N–H and O–H groups in total. The molecule has 0 bridgehead atoms. The van der Waals surface area contributed by atoms with Crippen molar-refractivity contribution in [3.63, 3.8) is 0 Å². The van der Waals surface area contributed by atoms with Crippen molar-refractivity contribution < 1.29 is 0 Å². The van der Waals surface area contributed by atoms with Crippen molar-refractivity contribution in [2.75, 3.05) is 13.1 Å². The maximum Gasteiger partial charge on any atom is 0.0472 e. The highest BCUT2D eigenvalue weighted by molar-refractivity contribution is 6.32. The molecule has 1 aliphatic carbocycles. The summed E-state index contributed by atoms with van der Waals surface area (Å²) in [4.78, 5) is 0. The maximum atomic E-state index is 6.62. The van der Waals surface area contributed by atoms with E-state index in [1.165, 1.54) is 29.5 Å². The van der Waals surface area contributed by atoms with Gasteiger partial charge in [0.25, 0.3) is 0 Å². The zero-order valence-corrected chi connectivity index (χ0v) is 13.3. The first-order valence-corrected chi connectivity index (χ1v) is 7.54.